The number of hydrogen-bond acceptors (Lipinski definition) is 8. The Hall–Kier alpha value is -3.12. The molecule has 0 spiro atoms. The van der Waals surface area contributed by atoms with Crippen molar-refractivity contribution >= 4 is 0 Å². The molecule has 0 amide bonds. The molecule has 1 fully saturated rings. The molecule has 4 rings (SSSR count). The minimum Gasteiger partial charge on any atom is -0.394 e. The van der Waals surface area contributed by atoms with Gasteiger partial charge in [0.05, 0.1) is 12.8 Å². The van der Waals surface area contributed by atoms with E-state index in [0.717, 1.165) is 16.3 Å². The second-order valence-electron chi connectivity index (χ2n) is 6.32. The minimum atomic E-state index is -1.47. The molecule has 11 heteroatoms. The van der Waals surface area contributed by atoms with Crippen LogP contribution < -0.4 is 11.2 Å². The topological polar surface area (TPSA) is 155 Å². The van der Waals surface area contributed by atoms with Crippen molar-refractivity contribution in [1.82, 2.24) is 24.5 Å². The summed E-state index contributed by atoms with van der Waals surface area (Å²) in [5, 5.41) is 37.2. The normalized spacial score (nSPS) is 24.5. The highest BCUT2D eigenvalue weighted by molar-refractivity contribution is 5.57. The predicted octanol–water partition coefficient (Wildman–Crippen LogP) is -1.60. The smallest absolute Gasteiger partial charge is 0.330 e. The van der Waals surface area contributed by atoms with Crippen molar-refractivity contribution in [3.8, 4) is 16.9 Å². The fraction of sp³-hybridized carbons (Fsp3) is 0.294. The van der Waals surface area contributed by atoms with E-state index in [1.807, 2.05) is 30.3 Å². The molecule has 0 saturated carbocycles. The Morgan fingerprint density at radius 3 is 2.54 bits per heavy atom. The molecule has 3 aromatic rings. The molecular weight excluding hydrogens is 370 g/mol. The lowest BCUT2D eigenvalue weighted by molar-refractivity contribution is -0.0550. The Morgan fingerprint density at radius 1 is 1.11 bits per heavy atom. The Kier molecular flexibility index (Phi) is 4.65. The molecule has 4 atom stereocenters. The van der Waals surface area contributed by atoms with Gasteiger partial charge < -0.3 is 20.1 Å². The zero-order chi connectivity index (χ0) is 19.8. The first-order valence-corrected chi connectivity index (χ1v) is 8.45. The molecule has 1 saturated heterocycles. The van der Waals surface area contributed by atoms with E-state index in [2.05, 4.69) is 15.3 Å². The van der Waals surface area contributed by atoms with Crippen LogP contribution in [0.3, 0.4) is 0 Å². The van der Waals surface area contributed by atoms with Gasteiger partial charge in [-0.05, 0) is 0 Å². The minimum absolute atomic E-state index is 0.0352. The summed E-state index contributed by atoms with van der Waals surface area (Å²) in [6, 6.07) is 9.19. The number of benzene rings is 1. The summed E-state index contributed by atoms with van der Waals surface area (Å²) >= 11 is 0. The largest absolute Gasteiger partial charge is 0.394 e. The SMILES string of the molecule is O=c1[nH]c(=O)n(C2OC(CO)C(O)C2O)cc1-n1cc(-c2ccccc2)nn1. The first-order chi connectivity index (χ1) is 13.5. The summed E-state index contributed by atoms with van der Waals surface area (Å²) < 4.78 is 7.48. The number of H-pyrrole nitrogens is 1. The third kappa shape index (κ3) is 3.05. The van der Waals surface area contributed by atoms with E-state index in [9.17, 15) is 24.9 Å². The molecule has 1 aromatic carbocycles. The van der Waals surface area contributed by atoms with Gasteiger partial charge >= 0.3 is 5.69 Å². The summed E-state index contributed by atoms with van der Waals surface area (Å²) in [5.74, 6) is 0. The Morgan fingerprint density at radius 2 is 1.86 bits per heavy atom. The van der Waals surface area contributed by atoms with Gasteiger partial charge in [-0.2, -0.15) is 0 Å². The van der Waals surface area contributed by atoms with Crippen molar-refractivity contribution in [2.75, 3.05) is 6.61 Å². The summed E-state index contributed by atoms with van der Waals surface area (Å²) in [5.41, 5.74) is -0.274. The number of ether oxygens (including phenoxy) is 1. The van der Waals surface area contributed by atoms with Gasteiger partial charge in [0.2, 0.25) is 0 Å². The number of aliphatic hydroxyl groups is 3. The summed E-state index contributed by atoms with van der Waals surface area (Å²) in [6.07, 6.45) is -2.51. The van der Waals surface area contributed by atoms with Crippen molar-refractivity contribution in [3.05, 3.63) is 63.6 Å². The molecule has 0 radical (unpaired) electrons. The zero-order valence-electron chi connectivity index (χ0n) is 14.4. The first kappa shape index (κ1) is 18.3. The maximum absolute atomic E-state index is 12.3. The highest BCUT2D eigenvalue weighted by Gasteiger charge is 2.43. The van der Waals surface area contributed by atoms with Gasteiger partial charge in [-0.15, -0.1) is 5.10 Å². The van der Waals surface area contributed by atoms with Gasteiger partial charge in [0.15, 0.2) is 6.23 Å². The third-order valence-electron chi connectivity index (χ3n) is 4.55. The molecule has 4 unspecified atom stereocenters. The second-order valence-corrected chi connectivity index (χ2v) is 6.32. The van der Waals surface area contributed by atoms with Gasteiger partial charge in [0, 0.05) is 11.8 Å². The fourth-order valence-electron chi connectivity index (χ4n) is 3.06. The Balaban J connectivity index is 1.74. The average Bonchev–Trinajstić information content (AvgIpc) is 3.29. The van der Waals surface area contributed by atoms with Gasteiger partial charge in [0.25, 0.3) is 5.56 Å². The zero-order valence-corrected chi connectivity index (χ0v) is 14.4. The number of aromatic amines is 1. The summed E-state index contributed by atoms with van der Waals surface area (Å²) in [7, 11) is 0. The van der Waals surface area contributed by atoms with E-state index < -0.39 is 42.4 Å². The van der Waals surface area contributed by atoms with Crippen molar-refractivity contribution in [3.63, 3.8) is 0 Å². The number of hydrogen-bond donors (Lipinski definition) is 4. The van der Waals surface area contributed by atoms with E-state index >= 15 is 0 Å². The number of aliphatic hydroxyl groups excluding tert-OH is 3. The quantitative estimate of drug-likeness (QED) is 0.417. The lowest BCUT2D eigenvalue weighted by atomic mass is 10.1. The van der Waals surface area contributed by atoms with Crippen molar-refractivity contribution in [1.29, 1.82) is 0 Å². The standard InChI is InChI=1S/C17H17N5O6/c23-8-12-13(24)14(25)16(28-12)21-7-11(15(26)18-17(21)27)22-6-10(19-20-22)9-4-2-1-3-5-9/h1-7,12-14,16,23-25H,8H2,(H,18,26,27). The van der Waals surface area contributed by atoms with Crippen LogP contribution in [0.1, 0.15) is 6.23 Å². The summed E-state index contributed by atoms with van der Waals surface area (Å²) in [6.45, 7) is -0.538. The first-order valence-electron chi connectivity index (χ1n) is 8.45. The van der Waals surface area contributed by atoms with Crippen LogP contribution >= 0.6 is 0 Å². The van der Waals surface area contributed by atoms with Crippen molar-refractivity contribution in [2.45, 2.75) is 24.5 Å². The molecule has 146 valence electrons. The van der Waals surface area contributed by atoms with Gasteiger partial charge in [0.1, 0.15) is 29.7 Å². The van der Waals surface area contributed by atoms with Crippen LogP contribution in [-0.2, 0) is 4.74 Å². The second kappa shape index (κ2) is 7.13. The lowest BCUT2D eigenvalue weighted by Crippen LogP contribution is -2.39. The number of aromatic nitrogens is 5. The highest BCUT2D eigenvalue weighted by atomic mass is 16.6. The van der Waals surface area contributed by atoms with E-state index in [1.165, 1.54) is 10.9 Å². The maximum Gasteiger partial charge on any atom is 0.330 e. The summed E-state index contributed by atoms with van der Waals surface area (Å²) in [4.78, 5) is 26.6. The van der Waals surface area contributed by atoms with E-state index in [4.69, 9.17) is 4.74 Å². The molecule has 11 nitrogen and oxygen atoms in total. The Labute approximate surface area is 157 Å². The molecule has 28 heavy (non-hydrogen) atoms. The van der Waals surface area contributed by atoms with E-state index in [1.54, 1.807) is 0 Å². The average molecular weight is 387 g/mol. The lowest BCUT2D eigenvalue weighted by Gasteiger charge is -2.17. The van der Waals surface area contributed by atoms with Crippen LogP contribution in [0.5, 0.6) is 0 Å². The molecule has 2 aromatic heterocycles. The maximum atomic E-state index is 12.3. The monoisotopic (exact) mass is 387 g/mol. The van der Waals surface area contributed by atoms with Gasteiger partial charge in [-0.1, -0.05) is 35.5 Å². The third-order valence-corrected chi connectivity index (χ3v) is 4.55. The number of rotatable bonds is 4. The van der Waals surface area contributed by atoms with E-state index in [-0.39, 0.29) is 5.69 Å². The van der Waals surface area contributed by atoms with Crippen molar-refractivity contribution in [2.24, 2.45) is 0 Å². The molecule has 1 aliphatic rings. The Bertz CT molecular complexity index is 1090. The van der Waals surface area contributed by atoms with Crippen LogP contribution in [-0.4, -0.2) is 64.8 Å². The van der Waals surface area contributed by atoms with Crippen LogP contribution in [0, 0.1) is 0 Å². The van der Waals surface area contributed by atoms with Gasteiger partial charge in [-0.3, -0.25) is 14.3 Å². The predicted molar refractivity (Wildman–Crippen MR) is 94.7 cm³/mol. The molecule has 0 aliphatic carbocycles. The van der Waals surface area contributed by atoms with E-state index in [0.29, 0.717) is 5.69 Å². The molecule has 4 N–H and O–H groups in total. The highest BCUT2D eigenvalue weighted by Crippen LogP contribution is 2.28. The molecular formula is C17H17N5O6. The number of nitrogens with one attached hydrogen (secondary N) is 1. The molecule has 1 aliphatic heterocycles. The molecule has 3 heterocycles. The van der Waals surface area contributed by atoms with Crippen LogP contribution in [0.2, 0.25) is 0 Å². The fourth-order valence-corrected chi connectivity index (χ4v) is 3.06. The van der Waals surface area contributed by atoms with Crippen LogP contribution in [0.25, 0.3) is 16.9 Å². The van der Waals surface area contributed by atoms with Crippen molar-refractivity contribution < 1.29 is 20.1 Å². The molecule has 0 bridgehead atoms. The number of nitrogens with zero attached hydrogens (tertiary/aromatic N) is 4. The van der Waals surface area contributed by atoms with Crippen LogP contribution in [0.4, 0.5) is 0 Å². The van der Waals surface area contributed by atoms with Gasteiger partial charge in [-0.25, -0.2) is 9.48 Å². The van der Waals surface area contributed by atoms with Crippen LogP contribution in [0.15, 0.2) is 52.3 Å².